The maximum atomic E-state index is 4.35. The van der Waals surface area contributed by atoms with Gasteiger partial charge in [-0.2, -0.15) is 0 Å². The molecule has 3 rings (SSSR count). The Bertz CT molecular complexity index is 702. The van der Waals surface area contributed by atoms with Crippen LogP contribution in [0.25, 0.3) is 10.8 Å². The molecule has 2 aromatic carbocycles. The Labute approximate surface area is 112 Å². The molecule has 0 spiro atoms. The van der Waals surface area contributed by atoms with E-state index in [0.29, 0.717) is 5.95 Å². The minimum Gasteiger partial charge on any atom is -0.350 e. The minimum absolute atomic E-state index is 0.674. The summed E-state index contributed by atoms with van der Waals surface area (Å²) in [6, 6.07) is 16.6. The van der Waals surface area contributed by atoms with Crippen molar-refractivity contribution in [1.82, 2.24) is 9.97 Å². The third-order valence-electron chi connectivity index (χ3n) is 3.11. The molecule has 0 aliphatic carbocycles. The van der Waals surface area contributed by atoms with Crippen molar-refractivity contribution in [3.05, 3.63) is 66.0 Å². The average molecular weight is 249 g/mol. The van der Waals surface area contributed by atoms with Gasteiger partial charge in [0.05, 0.1) is 0 Å². The fourth-order valence-corrected chi connectivity index (χ4v) is 2.16. The van der Waals surface area contributed by atoms with Gasteiger partial charge >= 0.3 is 0 Å². The van der Waals surface area contributed by atoms with Crippen LogP contribution >= 0.6 is 0 Å². The Morgan fingerprint density at radius 2 is 1.84 bits per heavy atom. The second-order valence-corrected chi connectivity index (χ2v) is 4.51. The molecule has 3 nitrogen and oxygen atoms in total. The van der Waals surface area contributed by atoms with Crippen LogP contribution in [0.5, 0.6) is 0 Å². The quantitative estimate of drug-likeness (QED) is 0.771. The molecular weight excluding hydrogens is 234 g/mol. The van der Waals surface area contributed by atoms with Gasteiger partial charge < -0.3 is 5.32 Å². The number of benzene rings is 2. The third-order valence-corrected chi connectivity index (χ3v) is 3.11. The lowest BCUT2D eigenvalue weighted by molar-refractivity contribution is 1.03. The molecule has 0 fully saturated rings. The first-order valence-electron chi connectivity index (χ1n) is 6.33. The number of aryl methyl sites for hydroxylation is 1. The molecule has 0 atom stereocenters. The summed E-state index contributed by atoms with van der Waals surface area (Å²) in [6.45, 7) is 2.69. The lowest BCUT2D eigenvalue weighted by atomic mass is 10.0. The first kappa shape index (κ1) is 11.7. The normalized spacial score (nSPS) is 10.6. The first-order valence-corrected chi connectivity index (χ1v) is 6.33. The van der Waals surface area contributed by atoms with Gasteiger partial charge in [-0.15, -0.1) is 0 Å². The van der Waals surface area contributed by atoms with E-state index in [9.17, 15) is 0 Å². The molecule has 94 valence electrons. The highest BCUT2D eigenvalue weighted by atomic mass is 15.1. The number of nitrogens with one attached hydrogen (secondary N) is 1. The molecule has 3 heteroatoms. The molecular formula is C16H15N3. The number of rotatable bonds is 3. The van der Waals surface area contributed by atoms with Gasteiger partial charge in [0, 0.05) is 18.4 Å². The van der Waals surface area contributed by atoms with Gasteiger partial charge in [-0.05, 0) is 29.3 Å². The van der Waals surface area contributed by atoms with E-state index in [-0.39, 0.29) is 0 Å². The molecule has 3 aromatic rings. The summed E-state index contributed by atoms with van der Waals surface area (Å²) >= 11 is 0. The van der Waals surface area contributed by atoms with Gasteiger partial charge in [0.25, 0.3) is 0 Å². The first-order chi connectivity index (χ1) is 9.33. The zero-order valence-corrected chi connectivity index (χ0v) is 10.8. The van der Waals surface area contributed by atoms with E-state index >= 15 is 0 Å². The summed E-state index contributed by atoms with van der Waals surface area (Å²) in [4.78, 5) is 8.56. The van der Waals surface area contributed by atoms with Crippen LogP contribution in [-0.4, -0.2) is 9.97 Å². The molecule has 1 N–H and O–H groups in total. The van der Waals surface area contributed by atoms with Crippen LogP contribution in [0.2, 0.25) is 0 Å². The minimum atomic E-state index is 0.674. The second kappa shape index (κ2) is 5.06. The van der Waals surface area contributed by atoms with Crippen molar-refractivity contribution < 1.29 is 0 Å². The zero-order valence-electron chi connectivity index (χ0n) is 10.8. The molecule has 0 saturated carbocycles. The van der Waals surface area contributed by atoms with Crippen molar-refractivity contribution in [2.75, 3.05) is 5.32 Å². The van der Waals surface area contributed by atoms with Crippen LogP contribution in [0.1, 0.15) is 11.3 Å². The SMILES string of the molecule is Cc1ccnc(NCc2cccc3ccccc23)n1. The van der Waals surface area contributed by atoms with Crippen molar-refractivity contribution in [3.63, 3.8) is 0 Å². The number of aromatic nitrogens is 2. The van der Waals surface area contributed by atoms with E-state index in [1.54, 1.807) is 6.20 Å². The molecule has 1 aromatic heterocycles. The largest absolute Gasteiger partial charge is 0.350 e. The Kier molecular flexibility index (Phi) is 3.11. The third kappa shape index (κ3) is 2.55. The smallest absolute Gasteiger partial charge is 0.223 e. The van der Waals surface area contributed by atoms with Crippen LogP contribution in [0.4, 0.5) is 5.95 Å². The Balaban J connectivity index is 1.86. The van der Waals surface area contributed by atoms with Gasteiger partial charge in [-0.1, -0.05) is 42.5 Å². The van der Waals surface area contributed by atoms with Gasteiger partial charge in [0.15, 0.2) is 0 Å². The van der Waals surface area contributed by atoms with E-state index < -0.39 is 0 Å². The number of hydrogen-bond donors (Lipinski definition) is 1. The monoisotopic (exact) mass is 249 g/mol. The molecule has 0 unspecified atom stereocenters. The van der Waals surface area contributed by atoms with Crippen molar-refractivity contribution in [1.29, 1.82) is 0 Å². The lowest BCUT2D eigenvalue weighted by Crippen LogP contribution is -2.04. The molecule has 0 saturated heterocycles. The number of hydrogen-bond acceptors (Lipinski definition) is 3. The van der Waals surface area contributed by atoms with Crippen LogP contribution in [-0.2, 0) is 6.54 Å². The van der Waals surface area contributed by atoms with Crippen LogP contribution in [0, 0.1) is 6.92 Å². The van der Waals surface area contributed by atoms with E-state index in [4.69, 9.17) is 0 Å². The maximum absolute atomic E-state index is 4.35. The molecule has 0 aliphatic heterocycles. The highest BCUT2D eigenvalue weighted by Gasteiger charge is 2.01. The van der Waals surface area contributed by atoms with Gasteiger partial charge in [-0.3, -0.25) is 0 Å². The fraction of sp³-hybridized carbons (Fsp3) is 0.125. The summed E-state index contributed by atoms with van der Waals surface area (Å²) in [5.41, 5.74) is 2.22. The topological polar surface area (TPSA) is 37.8 Å². The lowest BCUT2D eigenvalue weighted by Gasteiger charge is -2.08. The predicted octanol–water partition coefficient (Wildman–Crippen LogP) is 3.55. The predicted molar refractivity (Wildman–Crippen MR) is 78.0 cm³/mol. The molecule has 19 heavy (non-hydrogen) atoms. The Morgan fingerprint density at radius 1 is 1.00 bits per heavy atom. The van der Waals surface area contributed by atoms with Crippen LogP contribution in [0.3, 0.4) is 0 Å². The van der Waals surface area contributed by atoms with Crippen LogP contribution < -0.4 is 5.32 Å². The summed E-state index contributed by atoms with van der Waals surface area (Å²) in [5.74, 6) is 0.674. The Morgan fingerprint density at radius 3 is 2.74 bits per heavy atom. The summed E-state index contributed by atoms with van der Waals surface area (Å²) in [6.07, 6.45) is 1.77. The Hall–Kier alpha value is -2.42. The van der Waals surface area contributed by atoms with E-state index in [2.05, 4.69) is 57.7 Å². The highest BCUT2D eigenvalue weighted by Crippen LogP contribution is 2.19. The van der Waals surface area contributed by atoms with Crippen molar-refractivity contribution in [2.45, 2.75) is 13.5 Å². The average Bonchev–Trinajstić information content (AvgIpc) is 2.45. The maximum Gasteiger partial charge on any atom is 0.223 e. The highest BCUT2D eigenvalue weighted by molar-refractivity contribution is 5.85. The van der Waals surface area contributed by atoms with Gasteiger partial charge in [0.1, 0.15) is 0 Å². The van der Waals surface area contributed by atoms with Crippen molar-refractivity contribution >= 4 is 16.7 Å². The van der Waals surface area contributed by atoms with Crippen molar-refractivity contribution in [3.8, 4) is 0 Å². The number of anilines is 1. The van der Waals surface area contributed by atoms with E-state index in [1.807, 2.05) is 13.0 Å². The molecule has 1 heterocycles. The van der Waals surface area contributed by atoms with E-state index in [1.165, 1.54) is 16.3 Å². The van der Waals surface area contributed by atoms with Gasteiger partial charge in [-0.25, -0.2) is 9.97 Å². The number of nitrogens with zero attached hydrogens (tertiary/aromatic N) is 2. The zero-order chi connectivity index (χ0) is 13.1. The number of fused-ring (bicyclic) bond motifs is 1. The standard InChI is InChI=1S/C16H15N3/c1-12-9-10-17-16(19-12)18-11-14-7-4-6-13-5-2-3-8-15(13)14/h2-10H,11H2,1H3,(H,17,18,19). The second-order valence-electron chi connectivity index (χ2n) is 4.51. The molecule has 0 radical (unpaired) electrons. The molecule has 0 amide bonds. The summed E-state index contributed by atoms with van der Waals surface area (Å²) < 4.78 is 0. The van der Waals surface area contributed by atoms with E-state index in [0.717, 1.165) is 12.2 Å². The van der Waals surface area contributed by atoms with Gasteiger partial charge in [0.2, 0.25) is 5.95 Å². The fourth-order valence-electron chi connectivity index (χ4n) is 2.16. The molecule has 0 bridgehead atoms. The summed E-state index contributed by atoms with van der Waals surface area (Å²) in [5, 5.41) is 5.80. The summed E-state index contributed by atoms with van der Waals surface area (Å²) in [7, 11) is 0. The van der Waals surface area contributed by atoms with Crippen molar-refractivity contribution in [2.24, 2.45) is 0 Å². The van der Waals surface area contributed by atoms with Crippen LogP contribution in [0.15, 0.2) is 54.7 Å². The molecule has 0 aliphatic rings.